The van der Waals surface area contributed by atoms with Gasteiger partial charge in [-0.05, 0) is 101 Å². The van der Waals surface area contributed by atoms with Gasteiger partial charge in [0.1, 0.15) is 23.0 Å². The molecule has 0 aliphatic carbocycles. The summed E-state index contributed by atoms with van der Waals surface area (Å²) in [4.78, 5) is 4.69. The summed E-state index contributed by atoms with van der Waals surface area (Å²) in [5.74, 6) is 3.45. The molecule has 0 unspecified atom stereocenters. The lowest BCUT2D eigenvalue weighted by Gasteiger charge is -2.38. The Labute approximate surface area is 332 Å². The van der Waals surface area contributed by atoms with Gasteiger partial charge in [0, 0.05) is 51.1 Å². The number of ether oxygens (including phenoxy) is 2. The van der Waals surface area contributed by atoms with Crippen molar-refractivity contribution in [3.8, 4) is 23.0 Å². The highest BCUT2D eigenvalue weighted by molar-refractivity contribution is 7.01. The summed E-state index contributed by atoms with van der Waals surface area (Å²) in [6.07, 6.45) is 0. The molecule has 270 valence electrons. The summed E-state index contributed by atoms with van der Waals surface area (Å²) in [5, 5.41) is 4.60. The van der Waals surface area contributed by atoms with Crippen molar-refractivity contribution in [3.63, 3.8) is 0 Å². The van der Waals surface area contributed by atoms with Crippen molar-refractivity contribution < 1.29 is 9.47 Å². The van der Waals surface area contributed by atoms with Crippen LogP contribution in [0.25, 0.3) is 21.5 Å². The number of hydrogen-bond donors (Lipinski definition) is 0. The van der Waals surface area contributed by atoms with E-state index in [0.29, 0.717) is 0 Å². The number of anilines is 6. The molecule has 57 heavy (non-hydrogen) atoms. The maximum absolute atomic E-state index is 7.17. The van der Waals surface area contributed by atoms with Gasteiger partial charge in [-0.2, -0.15) is 0 Å². The average Bonchev–Trinajstić information content (AvgIpc) is 3.27. The minimum Gasteiger partial charge on any atom is -0.458 e. The quantitative estimate of drug-likeness (QED) is 0.159. The Morgan fingerprint density at radius 3 is 1.02 bits per heavy atom. The Kier molecular flexibility index (Phi) is 7.68. The minimum atomic E-state index is -0.150. The van der Waals surface area contributed by atoms with Crippen molar-refractivity contribution in [2.45, 2.75) is 13.8 Å². The van der Waals surface area contributed by atoms with E-state index in [1.165, 1.54) is 0 Å². The van der Waals surface area contributed by atoms with E-state index in [0.717, 1.165) is 106 Å². The van der Waals surface area contributed by atoms with Crippen LogP contribution in [0.15, 0.2) is 188 Å². The second-order valence-corrected chi connectivity index (χ2v) is 14.9. The molecule has 0 spiro atoms. The van der Waals surface area contributed by atoms with Crippen LogP contribution in [0.5, 0.6) is 23.0 Å². The molecular formula is C52H37BN2O2. The smallest absolute Gasteiger partial charge is 0.262 e. The number of hydrogen-bond acceptors (Lipinski definition) is 4. The van der Waals surface area contributed by atoms with Gasteiger partial charge in [-0.1, -0.05) is 121 Å². The Morgan fingerprint density at radius 1 is 0.351 bits per heavy atom. The van der Waals surface area contributed by atoms with Crippen LogP contribution in [0.4, 0.5) is 34.1 Å². The summed E-state index contributed by atoms with van der Waals surface area (Å²) in [5.41, 5.74) is 12.0. The Hall–Kier alpha value is -7.24. The zero-order valence-corrected chi connectivity index (χ0v) is 31.7. The van der Waals surface area contributed by atoms with E-state index in [4.69, 9.17) is 9.47 Å². The Balaban J connectivity index is 1.22. The highest BCUT2D eigenvalue weighted by atomic mass is 16.5. The van der Waals surface area contributed by atoms with E-state index >= 15 is 0 Å². The first kappa shape index (κ1) is 33.1. The summed E-state index contributed by atoms with van der Waals surface area (Å²) < 4.78 is 14.3. The van der Waals surface area contributed by atoms with Gasteiger partial charge in [0.05, 0.1) is 11.4 Å². The average molecular weight is 733 g/mol. The molecule has 11 rings (SSSR count). The van der Waals surface area contributed by atoms with Crippen LogP contribution in [0.3, 0.4) is 0 Å². The van der Waals surface area contributed by atoms with Crippen LogP contribution in [-0.2, 0) is 0 Å². The van der Waals surface area contributed by atoms with Gasteiger partial charge in [0.2, 0.25) is 0 Å². The van der Waals surface area contributed by atoms with Crippen LogP contribution in [-0.4, -0.2) is 6.71 Å². The third-order valence-corrected chi connectivity index (χ3v) is 11.5. The molecule has 0 radical (unpaired) electrons. The molecule has 0 bridgehead atoms. The molecule has 2 aliphatic rings. The second-order valence-electron chi connectivity index (χ2n) is 14.9. The number of rotatable bonds is 6. The normalized spacial score (nSPS) is 12.3. The fourth-order valence-corrected chi connectivity index (χ4v) is 9.17. The SMILES string of the molecule is Cc1cc(C)c2c3c1Oc1cc(N(c4ccccc4)c4ccccc4)c4ccccc4c1B3c1c(cc(N(c3ccccc3)c3ccccc3)c3ccccc13)O2. The number of fused-ring (bicyclic) bond motifs is 8. The summed E-state index contributed by atoms with van der Waals surface area (Å²) in [7, 11) is 0. The molecule has 9 aromatic carbocycles. The monoisotopic (exact) mass is 732 g/mol. The van der Waals surface area contributed by atoms with Crippen molar-refractivity contribution in [3.05, 3.63) is 199 Å². The first-order chi connectivity index (χ1) is 28.1. The first-order valence-electron chi connectivity index (χ1n) is 19.6. The molecule has 2 heterocycles. The van der Waals surface area contributed by atoms with Crippen LogP contribution in [0.1, 0.15) is 11.1 Å². The molecule has 0 atom stereocenters. The van der Waals surface area contributed by atoms with Gasteiger partial charge in [0.25, 0.3) is 6.71 Å². The molecular weight excluding hydrogens is 695 g/mol. The molecule has 2 aliphatic heterocycles. The van der Waals surface area contributed by atoms with Crippen molar-refractivity contribution in [2.75, 3.05) is 9.80 Å². The van der Waals surface area contributed by atoms with Crippen molar-refractivity contribution in [1.29, 1.82) is 0 Å². The molecule has 0 fully saturated rings. The topological polar surface area (TPSA) is 24.9 Å². The molecule has 0 saturated carbocycles. The zero-order chi connectivity index (χ0) is 38.0. The highest BCUT2D eigenvalue weighted by Crippen LogP contribution is 2.48. The summed E-state index contributed by atoms with van der Waals surface area (Å²) >= 11 is 0. The fraction of sp³-hybridized carbons (Fsp3) is 0.0385. The number of benzene rings is 9. The third kappa shape index (κ3) is 5.23. The van der Waals surface area contributed by atoms with Crippen LogP contribution in [0.2, 0.25) is 0 Å². The fourth-order valence-electron chi connectivity index (χ4n) is 9.17. The maximum atomic E-state index is 7.17. The van der Waals surface area contributed by atoms with E-state index < -0.39 is 0 Å². The van der Waals surface area contributed by atoms with Crippen LogP contribution >= 0.6 is 0 Å². The van der Waals surface area contributed by atoms with Crippen LogP contribution < -0.4 is 35.7 Å². The molecule has 0 amide bonds. The Morgan fingerprint density at radius 2 is 0.667 bits per heavy atom. The third-order valence-electron chi connectivity index (χ3n) is 11.5. The second kappa shape index (κ2) is 13.2. The standard InChI is InChI=1S/C52H37BN2O2/c1-34-31-35(2)52-50-51(34)56-46-32-44(54(36-19-7-3-8-20-36)37-21-9-4-10-22-37)40-27-15-17-29-42(40)48(46)53(50)49-43-30-18-16-28-41(43)45(33-47(49)57-52)55(38-23-11-5-12-24-38)39-25-13-6-14-26-39/h3-33H,1-2H3. The number of para-hydroxylation sites is 4. The van der Waals surface area contributed by atoms with E-state index in [9.17, 15) is 0 Å². The van der Waals surface area contributed by atoms with Gasteiger partial charge in [-0.3, -0.25) is 0 Å². The zero-order valence-electron chi connectivity index (χ0n) is 31.7. The van der Waals surface area contributed by atoms with E-state index in [1.54, 1.807) is 0 Å². The molecule has 0 aromatic heterocycles. The van der Waals surface area contributed by atoms with E-state index in [-0.39, 0.29) is 6.71 Å². The van der Waals surface area contributed by atoms with Gasteiger partial charge in [-0.25, -0.2) is 0 Å². The first-order valence-corrected chi connectivity index (χ1v) is 19.6. The molecule has 0 saturated heterocycles. The number of nitrogens with zero attached hydrogens (tertiary/aromatic N) is 2. The highest BCUT2D eigenvalue weighted by Gasteiger charge is 2.44. The Bertz CT molecular complexity index is 2710. The van der Waals surface area contributed by atoms with Crippen molar-refractivity contribution in [2.24, 2.45) is 0 Å². The molecule has 0 N–H and O–H groups in total. The minimum absolute atomic E-state index is 0.150. The van der Waals surface area contributed by atoms with Gasteiger partial charge >= 0.3 is 0 Å². The van der Waals surface area contributed by atoms with E-state index in [2.05, 4.69) is 212 Å². The molecule has 5 heteroatoms. The molecule has 4 nitrogen and oxygen atoms in total. The summed E-state index contributed by atoms with van der Waals surface area (Å²) in [6.45, 7) is 4.16. The lowest BCUT2D eigenvalue weighted by molar-refractivity contribution is 0.460. The van der Waals surface area contributed by atoms with Gasteiger partial charge in [0.15, 0.2) is 0 Å². The number of aryl methyl sites for hydroxylation is 2. The maximum Gasteiger partial charge on any atom is 0.262 e. The predicted molar refractivity (Wildman–Crippen MR) is 238 cm³/mol. The van der Waals surface area contributed by atoms with Crippen LogP contribution in [0, 0.1) is 13.8 Å². The van der Waals surface area contributed by atoms with Gasteiger partial charge < -0.3 is 19.3 Å². The summed E-state index contributed by atoms with van der Waals surface area (Å²) in [6, 6.07) is 66.8. The lowest BCUT2D eigenvalue weighted by atomic mass is 9.33. The molecule has 9 aromatic rings. The lowest BCUT2D eigenvalue weighted by Crippen LogP contribution is -2.58. The van der Waals surface area contributed by atoms with E-state index in [1.807, 2.05) is 0 Å². The van der Waals surface area contributed by atoms with Crippen molar-refractivity contribution in [1.82, 2.24) is 0 Å². The predicted octanol–water partition coefficient (Wildman–Crippen LogP) is 12.3. The van der Waals surface area contributed by atoms with Crippen molar-refractivity contribution >= 4 is 78.8 Å². The largest absolute Gasteiger partial charge is 0.458 e. The van der Waals surface area contributed by atoms with Gasteiger partial charge in [-0.15, -0.1) is 0 Å².